The van der Waals surface area contributed by atoms with Gasteiger partial charge in [0.25, 0.3) is 0 Å². The number of hydrogen-bond acceptors (Lipinski definition) is 5. The van der Waals surface area contributed by atoms with Crippen molar-refractivity contribution in [1.29, 1.82) is 0 Å². The van der Waals surface area contributed by atoms with E-state index in [1.165, 1.54) is 28.6 Å². The summed E-state index contributed by atoms with van der Waals surface area (Å²) in [5, 5.41) is -0.693. The fourth-order valence-corrected chi connectivity index (χ4v) is 6.52. The van der Waals surface area contributed by atoms with Crippen molar-refractivity contribution in [2.24, 2.45) is 5.92 Å². The summed E-state index contributed by atoms with van der Waals surface area (Å²) in [6, 6.07) is 11.0. The first-order chi connectivity index (χ1) is 14.1. The summed E-state index contributed by atoms with van der Waals surface area (Å²) in [7, 11) is -7.35. The second-order valence-corrected chi connectivity index (χ2v) is 11.9. The van der Waals surface area contributed by atoms with Crippen molar-refractivity contribution < 1.29 is 26.0 Å². The standard InChI is InChI=1S/C21H26FNO5S2/c1-16(2)15-28-18-5-9-21(10-6-18)30(26,27)23-13-11-20(12-14-23)29(24,25)19-7-3-17(22)4-8-19/h3-10,16,20H,11-15H2,1-2H3. The molecule has 30 heavy (non-hydrogen) atoms. The van der Waals surface area contributed by atoms with Crippen LogP contribution in [0, 0.1) is 11.7 Å². The summed E-state index contributed by atoms with van der Waals surface area (Å²) >= 11 is 0. The number of piperidine rings is 1. The molecule has 1 heterocycles. The van der Waals surface area contributed by atoms with Gasteiger partial charge in [0, 0.05) is 13.1 Å². The quantitative estimate of drug-likeness (QED) is 0.597. The molecule has 164 valence electrons. The molecule has 0 radical (unpaired) electrons. The van der Waals surface area contributed by atoms with Crippen molar-refractivity contribution in [3.8, 4) is 5.75 Å². The Kier molecular flexibility index (Phi) is 6.84. The van der Waals surface area contributed by atoms with E-state index >= 15 is 0 Å². The Labute approximate surface area is 177 Å². The van der Waals surface area contributed by atoms with Gasteiger partial charge in [-0.25, -0.2) is 21.2 Å². The number of hydrogen-bond donors (Lipinski definition) is 0. The highest BCUT2D eigenvalue weighted by atomic mass is 32.2. The van der Waals surface area contributed by atoms with Crippen LogP contribution >= 0.6 is 0 Å². The van der Waals surface area contributed by atoms with E-state index in [2.05, 4.69) is 0 Å². The lowest BCUT2D eigenvalue weighted by Crippen LogP contribution is -2.42. The molecule has 0 unspecified atom stereocenters. The molecule has 0 bridgehead atoms. The van der Waals surface area contributed by atoms with E-state index in [-0.39, 0.29) is 35.7 Å². The van der Waals surface area contributed by atoms with Gasteiger partial charge in [-0.2, -0.15) is 4.31 Å². The topological polar surface area (TPSA) is 80.8 Å². The minimum Gasteiger partial charge on any atom is -0.493 e. The average Bonchev–Trinajstić information content (AvgIpc) is 2.73. The first kappa shape index (κ1) is 22.7. The van der Waals surface area contributed by atoms with Crippen LogP contribution in [0.5, 0.6) is 5.75 Å². The third kappa shape index (κ3) is 5.01. The van der Waals surface area contributed by atoms with Gasteiger partial charge in [-0.05, 0) is 67.3 Å². The SMILES string of the molecule is CC(C)COc1ccc(S(=O)(=O)N2CCC(S(=O)(=O)c3ccc(F)cc3)CC2)cc1. The van der Waals surface area contributed by atoms with E-state index < -0.39 is 30.9 Å². The fourth-order valence-electron chi connectivity index (χ4n) is 3.32. The highest BCUT2D eigenvalue weighted by Crippen LogP contribution is 2.28. The monoisotopic (exact) mass is 455 g/mol. The highest BCUT2D eigenvalue weighted by molar-refractivity contribution is 7.92. The Morgan fingerprint density at radius 3 is 2.00 bits per heavy atom. The van der Waals surface area contributed by atoms with E-state index in [0.29, 0.717) is 18.3 Å². The Balaban J connectivity index is 1.67. The van der Waals surface area contributed by atoms with Crippen LogP contribution in [-0.2, 0) is 19.9 Å². The van der Waals surface area contributed by atoms with E-state index in [0.717, 1.165) is 12.1 Å². The summed E-state index contributed by atoms with van der Waals surface area (Å²) in [6.45, 7) is 4.82. The zero-order valence-corrected chi connectivity index (χ0v) is 18.6. The molecule has 1 saturated heterocycles. The van der Waals surface area contributed by atoms with Crippen molar-refractivity contribution in [1.82, 2.24) is 4.31 Å². The first-order valence-electron chi connectivity index (χ1n) is 9.83. The van der Waals surface area contributed by atoms with Crippen molar-refractivity contribution in [3.05, 3.63) is 54.3 Å². The summed E-state index contributed by atoms with van der Waals surface area (Å²) < 4.78 is 71.4. The van der Waals surface area contributed by atoms with E-state index in [4.69, 9.17) is 4.74 Å². The summed E-state index contributed by atoms with van der Waals surface area (Å²) in [4.78, 5) is 0.210. The van der Waals surface area contributed by atoms with Gasteiger partial charge in [-0.1, -0.05) is 13.8 Å². The van der Waals surface area contributed by atoms with Crippen LogP contribution < -0.4 is 4.74 Å². The largest absolute Gasteiger partial charge is 0.493 e. The van der Waals surface area contributed by atoms with Gasteiger partial charge in [0.15, 0.2) is 9.84 Å². The van der Waals surface area contributed by atoms with Crippen LogP contribution in [-0.4, -0.2) is 46.1 Å². The van der Waals surface area contributed by atoms with Crippen LogP contribution in [0.1, 0.15) is 26.7 Å². The first-order valence-corrected chi connectivity index (χ1v) is 12.8. The molecule has 2 aromatic rings. The smallest absolute Gasteiger partial charge is 0.243 e. The van der Waals surface area contributed by atoms with Crippen molar-refractivity contribution in [3.63, 3.8) is 0 Å². The van der Waals surface area contributed by atoms with Crippen LogP contribution in [0.3, 0.4) is 0 Å². The average molecular weight is 456 g/mol. The molecule has 0 amide bonds. The molecule has 2 aromatic carbocycles. The maximum absolute atomic E-state index is 13.1. The number of ether oxygens (including phenoxy) is 1. The second kappa shape index (κ2) is 9.03. The van der Waals surface area contributed by atoms with Gasteiger partial charge in [0.2, 0.25) is 10.0 Å². The third-order valence-corrected chi connectivity index (χ3v) is 9.22. The van der Waals surface area contributed by atoms with E-state index in [1.54, 1.807) is 12.1 Å². The molecule has 0 aliphatic carbocycles. The van der Waals surface area contributed by atoms with Crippen LogP contribution in [0.2, 0.25) is 0 Å². The molecular weight excluding hydrogens is 429 g/mol. The predicted octanol–water partition coefficient (Wildman–Crippen LogP) is 3.49. The van der Waals surface area contributed by atoms with Gasteiger partial charge in [0.1, 0.15) is 11.6 Å². The Morgan fingerprint density at radius 1 is 0.933 bits per heavy atom. The maximum Gasteiger partial charge on any atom is 0.243 e. The summed E-state index contributed by atoms with van der Waals surface area (Å²) in [5.74, 6) is 0.461. The molecule has 1 aliphatic rings. The van der Waals surface area contributed by atoms with Gasteiger partial charge >= 0.3 is 0 Å². The van der Waals surface area contributed by atoms with Crippen LogP contribution in [0.25, 0.3) is 0 Å². The Bertz CT molecular complexity index is 1060. The minimum absolute atomic E-state index is 0.0576. The number of sulfone groups is 1. The lowest BCUT2D eigenvalue weighted by atomic mass is 10.2. The van der Waals surface area contributed by atoms with Crippen molar-refractivity contribution in [2.45, 2.75) is 41.7 Å². The molecule has 9 heteroatoms. The maximum atomic E-state index is 13.1. The normalized spacial score (nSPS) is 16.7. The molecule has 6 nitrogen and oxygen atoms in total. The van der Waals surface area contributed by atoms with Gasteiger partial charge in [-0.15, -0.1) is 0 Å². The molecule has 1 fully saturated rings. The van der Waals surface area contributed by atoms with Crippen molar-refractivity contribution >= 4 is 19.9 Å². The zero-order chi connectivity index (χ0) is 21.9. The number of rotatable bonds is 7. The third-order valence-electron chi connectivity index (χ3n) is 5.03. The van der Waals surface area contributed by atoms with Gasteiger partial charge < -0.3 is 4.74 Å². The van der Waals surface area contributed by atoms with E-state index in [9.17, 15) is 21.2 Å². The number of halogens is 1. The molecule has 0 spiro atoms. The number of benzene rings is 2. The lowest BCUT2D eigenvalue weighted by molar-refractivity contribution is 0.271. The number of sulfonamides is 1. The summed E-state index contributed by atoms with van der Waals surface area (Å²) in [5.41, 5.74) is 0. The molecule has 0 saturated carbocycles. The molecule has 0 aromatic heterocycles. The highest BCUT2D eigenvalue weighted by Gasteiger charge is 2.35. The fraction of sp³-hybridized carbons (Fsp3) is 0.429. The van der Waals surface area contributed by atoms with Gasteiger partial charge in [0.05, 0.1) is 21.6 Å². The molecule has 0 atom stereocenters. The zero-order valence-electron chi connectivity index (χ0n) is 17.0. The molecule has 1 aliphatic heterocycles. The van der Waals surface area contributed by atoms with Crippen LogP contribution in [0.4, 0.5) is 4.39 Å². The lowest BCUT2D eigenvalue weighted by Gasteiger charge is -2.31. The Morgan fingerprint density at radius 2 is 1.47 bits per heavy atom. The summed E-state index contributed by atoms with van der Waals surface area (Å²) in [6.07, 6.45) is 0.378. The molecule has 3 rings (SSSR count). The van der Waals surface area contributed by atoms with Crippen LogP contribution in [0.15, 0.2) is 58.3 Å². The molecule has 0 N–H and O–H groups in total. The van der Waals surface area contributed by atoms with Crippen molar-refractivity contribution in [2.75, 3.05) is 19.7 Å². The number of nitrogens with zero attached hydrogens (tertiary/aromatic N) is 1. The predicted molar refractivity (Wildman–Crippen MR) is 112 cm³/mol. The Hall–Kier alpha value is -1.97. The van der Waals surface area contributed by atoms with E-state index in [1.807, 2.05) is 13.8 Å². The second-order valence-electron chi connectivity index (χ2n) is 7.78. The minimum atomic E-state index is -3.72. The molecular formula is C21H26FNO5S2. The van der Waals surface area contributed by atoms with Gasteiger partial charge in [-0.3, -0.25) is 0 Å².